The van der Waals surface area contributed by atoms with Crippen LogP contribution in [0.25, 0.3) is 0 Å². The smallest absolute Gasteiger partial charge is 0.0936 e. The Morgan fingerprint density at radius 2 is 2.27 bits per heavy atom. The number of ether oxygens (including phenoxy) is 1. The minimum absolute atomic E-state index is 0. The van der Waals surface area contributed by atoms with E-state index in [0.717, 1.165) is 13.0 Å². The lowest BCUT2D eigenvalue weighted by Gasteiger charge is -2.28. The highest BCUT2D eigenvalue weighted by molar-refractivity contribution is 5.85. The van der Waals surface area contributed by atoms with Crippen molar-refractivity contribution in [3.05, 3.63) is 0 Å². The molecule has 0 aromatic heterocycles. The van der Waals surface area contributed by atoms with Crippen LogP contribution in [0.1, 0.15) is 13.3 Å². The molecule has 0 aliphatic carbocycles. The molecule has 66 valence electrons. The summed E-state index contributed by atoms with van der Waals surface area (Å²) in [5.74, 6) is 1.12. The van der Waals surface area contributed by atoms with Gasteiger partial charge >= 0.3 is 0 Å². The predicted octanol–water partition coefficient (Wildman–Crippen LogP) is 1.03. The van der Waals surface area contributed by atoms with Crippen LogP contribution in [-0.4, -0.2) is 25.6 Å². The third-order valence-electron chi connectivity index (χ3n) is 1.98. The molecule has 0 aromatic carbocycles. The molecule has 1 saturated heterocycles. The SMILES string of the molecule is CO[C@@H]1CNC(=N)C[C@H]1C.Cl. The molecule has 0 aromatic rings. The zero-order chi connectivity index (χ0) is 7.56. The molecule has 0 unspecified atom stereocenters. The van der Waals surface area contributed by atoms with Crippen LogP contribution in [0.3, 0.4) is 0 Å². The lowest BCUT2D eigenvalue weighted by molar-refractivity contribution is 0.0573. The third-order valence-corrected chi connectivity index (χ3v) is 1.98. The molecule has 1 aliphatic rings. The van der Waals surface area contributed by atoms with E-state index in [1.165, 1.54) is 0 Å². The van der Waals surface area contributed by atoms with Crippen molar-refractivity contribution in [2.45, 2.75) is 19.4 Å². The van der Waals surface area contributed by atoms with Crippen LogP contribution in [0.4, 0.5) is 0 Å². The van der Waals surface area contributed by atoms with Gasteiger partial charge < -0.3 is 10.1 Å². The maximum Gasteiger partial charge on any atom is 0.0936 e. The van der Waals surface area contributed by atoms with Gasteiger partial charge in [0.1, 0.15) is 0 Å². The summed E-state index contributed by atoms with van der Waals surface area (Å²) in [6, 6.07) is 0. The van der Waals surface area contributed by atoms with Gasteiger partial charge in [0.2, 0.25) is 0 Å². The van der Waals surface area contributed by atoms with Crippen molar-refractivity contribution in [2.75, 3.05) is 13.7 Å². The molecule has 0 amide bonds. The Hall–Kier alpha value is -0.280. The van der Waals surface area contributed by atoms with Gasteiger partial charge in [0.05, 0.1) is 11.9 Å². The average Bonchev–Trinajstić information content (AvgIpc) is 1.88. The lowest BCUT2D eigenvalue weighted by atomic mass is 9.96. The highest BCUT2D eigenvalue weighted by atomic mass is 35.5. The summed E-state index contributed by atoms with van der Waals surface area (Å²) in [6.07, 6.45) is 1.10. The largest absolute Gasteiger partial charge is 0.379 e. The molecule has 1 fully saturated rings. The Balaban J connectivity index is 0.000001000. The van der Waals surface area contributed by atoms with Crippen molar-refractivity contribution in [2.24, 2.45) is 5.92 Å². The first-order chi connectivity index (χ1) is 4.74. The monoisotopic (exact) mass is 178 g/mol. The Labute approximate surface area is 73.4 Å². The van der Waals surface area contributed by atoms with Crippen molar-refractivity contribution in [1.82, 2.24) is 5.32 Å². The molecule has 0 saturated carbocycles. The molecule has 2 N–H and O–H groups in total. The number of piperidine rings is 1. The summed E-state index contributed by atoms with van der Waals surface area (Å²) in [6.45, 7) is 2.90. The van der Waals surface area contributed by atoms with Crippen LogP contribution in [-0.2, 0) is 4.74 Å². The van der Waals surface area contributed by atoms with Crippen LogP contribution in [0.15, 0.2) is 0 Å². The maximum absolute atomic E-state index is 7.32. The second-order valence-electron chi connectivity index (χ2n) is 2.82. The molecule has 4 heteroatoms. The van der Waals surface area contributed by atoms with Gasteiger partial charge in [0.15, 0.2) is 0 Å². The zero-order valence-corrected chi connectivity index (χ0v) is 7.70. The summed E-state index contributed by atoms with van der Waals surface area (Å²) in [5.41, 5.74) is 0. The van der Waals surface area contributed by atoms with Gasteiger partial charge in [-0.25, -0.2) is 0 Å². The van der Waals surface area contributed by atoms with Gasteiger partial charge in [-0.1, -0.05) is 6.92 Å². The van der Waals surface area contributed by atoms with E-state index in [1.54, 1.807) is 7.11 Å². The van der Waals surface area contributed by atoms with E-state index in [1.807, 2.05) is 0 Å². The van der Waals surface area contributed by atoms with Crippen LogP contribution in [0.5, 0.6) is 0 Å². The predicted molar refractivity (Wildman–Crippen MR) is 47.6 cm³/mol. The van der Waals surface area contributed by atoms with E-state index in [4.69, 9.17) is 10.1 Å². The number of rotatable bonds is 1. The summed E-state index contributed by atoms with van der Waals surface area (Å²) in [4.78, 5) is 0. The van der Waals surface area contributed by atoms with Crippen molar-refractivity contribution in [3.63, 3.8) is 0 Å². The standard InChI is InChI=1S/C7H14N2O.ClH/c1-5-3-7(8)9-4-6(5)10-2;/h5-6H,3-4H2,1-2H3,(H2,8,9);1H/t5-,6-;/m1./s1. The fourth-order valence-corrected chi connectivity index (χ4v) is 1.27. The van der Waals surface area contributed by atoms with Crippen LogP contribution < -0.4 is 5.32 Å². The fourth-order valence-electron chi connectivity index (χ4n) is 1.27. The van der Waals surface area contributed by atoms with E-state index >= 15 is 0 Å². The Morgan fingerprint density at radius 3 is 2.73 bits per heavy atom. The minimum atomic E-state index is 0. The number of hydrogen-bond acceptors (Lipinski definition) is 2. The summed E-state index contributed by atoms with van der Waals surface area (Å²) in [7, 11) is 1.72. The molecule has 0 bridgehead atoms. The van der Waals surface area contributed by atoms with Gasteiger partial charge in [-0.15, -0.1) is 12.4 Å². The number of amidine groups is 1. The molecule has 1 heterocycles. The maximum atomic E-state index is 7.32. The first-order valence-corrected chi connectivity index (χ1v) is 3.58. The molecule has 0 spiro atoms. The molecule has 0 radical (unpaired) electrons. The average molecular weight is 179 g/mol. The summed E-state index contributed by atoms with van der Waals surface area (Å²) >= 11 is 0. The van der Waals surface area contributed by atoms with E-state index in [2.05, 4.69) is 12.2 Å². The molecular formula is C7H15ClN2O. The molecule has 3 nitrogen and oxygen atoms in total. The molecule has 2 atom stereocenters. The Bertz CT molecular complexity index is 140. The second-order valence-corrected chi connectivity index (χ2v) is 2.82. The normalized spacial score (nSPS) is 30.5. The summed E-state index contributed by atoms with van der Waals surface area (Å²) in [5, 5.41) is 10.3. The Morgan fingerprint density at radius 1 is 1.64 bits per heavy atom. The lowest BCUT2D eigenvalue weighted by Crippen LogP contribution is -2.43. The van der Waals surface area contributed by atoms with E-state index in [9.17, 15) is 0 Å². The summed E-state index contributed by atoms with van der Waals surface area (Å²) < 4.78 is 5.19. The van der Waals surface area contributed by atoms with E-state index in [0.29, 0.717) is 11.8 Å². The molecule has 1 aliphatic heterocycles. The van der Waals surface area contributed by atoms with Gasteiger partial charge in [0, 0.05) is 20.1 Å². The van der Waals surface area contributed by atoms with Gasteiger partial charge in [0.25, 0.3) is 0 Å². The first kappa shape index (κ1) is 10.7. The number of nitrogens with one attached hydrogen (secondary N) is 2. The van der Waals surface area contributed by atoms with Gasteiger partial charge in [-0.2, -0.15) is 0 Å². The van der Waals surface area contributed by atoms with E-state index in [-0.39, 0.29) is 18.5 Å². The topological polar surface area (TPSA) is 45.1 Å². The van der Waals surface area contributed by atoms with Crippen LogP contribution in [0.2, 0.25) is 0 Å². The number of methoxy groups -OCH3 is 1. The molecular weight excluding hydrogens is 164 g/mol. The van der Waals surface area contributed by atoms with Gasteiger partial charge in [-0.05, 0) is 5.92 Å². The highest BCUT2D eigenvalue weighted by Crippen LogP contribution is 2.14. The van der Waals surface area contributed by atoms with Crippen LogP contribution >= 0.6 is 12.4 Å². The van der Waals surface area contributed by atoms with Crippen LogP contribution in [0, 0.1) is 11.3 Å². The number of hydrogen-bond donors (Lipinski definition) is 2. The van der Waals surface area contributed by atoms with Crippen molar-refractivity contribution < 1.29 is 4.74 Å². The Kier molecular flexibility index (Phi) is 4.45. The van der Waals surface area contributed by atoms with Gasteiger partial charge in [-0.3, -0.25) is 5.41 Å². The molecule has 11 heavy (non-hydrogen) atoms. The highest BCUT2D eigenvalue weighted by Gasteiger charge is 2.22. The van der Waals surface area contributed by atoms with E-state index < -0.39 is 0 Å². The quantitative estimate of drug-likeness (QED) is 0.630. The fraction of sp³-hybridized carbons (Fsp3) is 0.857. The first-order valence-electron chi connectivity index (χ1n) is 3.58. The van der Waals surface area contributed by atoms with Crippen molar-refractivity contribution >= 4 is 18.2 Å². The minimum Gasteiger partial charge on any atom is -0.379 e. The zero-order valence-electron chi connectivity index (χ0n) is 6.89. The number of halogens is 1. The van der Waals surface area contributed by atoms with Crippen molar-refractivity contribution in [1.29, 1.82) is 5.41 Å². The van der Waals surface area contributed by atoms with Crippen molar-refractivity contribution in [3.8, 4) is 0 Å². The second kappa shape index (κ2) is 4.57. The molecule has 1 rings (SSSR count). The third kappa shape index (κ3) is 2.67.